The summed E-state index contributed by atoms with van der Waals surface area (Å²) < 4.78 is 16.7. The molecular formula is C32H45NO5. The number of carbonyl (C=O) groups is 1. The molecule has 0 saturated heterocycles. The number of ether oxygens (including phenoxy) is 3. The lowest BCUT2D eigenvalue weighted by atomic mass is 10.1. The first-order valence-corrected chi connectivity index (χ1v) is 14.0. The van der Waals surface area contributed by atoms with Crippen molar-refractivity contribution in [2.75, 3.05) is 19.8 Å². The van der Waals surface area contributed by atoms with Gasteiger partial charge < -0.3 is 19.3 Å². The number of rotatable bonds is 20. The van der Waals surface area contributed by atoms with Gasteiger partial charge in [0.15, 0.2) is 0 Å². The molecule has 208 valence electrons. The number of aliphatic imine (C=N–C) groups is 1. The summed E-state index contributed by atoms with van der Waals surface area (Å²) in [7, 11) is 0. The molecule has 0 aromatic heterocycles. The summed E-state index contributed by atoms with van der Waals surface area (Å²) in [4.78, 5) is 15.8. The molecule has 38 heavy (non-hydrogen) atoms. The molecule has 0 saturated carbocycles. The molecule has 1 N–H and O–H groups in total. The SMILES string of the molecule is C=C(C)C(=O)OCCCCCCOc1ccc(C=Nc2ccc(OCCCCCCCCC)cc2)c(O)c1. The molecule has 0 bridgehead atoms. The highest BCUT2D eigenvalue weighted by molar-refractivity contribution is 5.87. The van der Waals surface area contributed by atoms with Crippen molar-refractivity contribution in [3.05, 3.63) is 60.2 Å². The maximum Gasteiger partial charge on any atom is 0.333 e. The summed E-state index contributed by atoms with van der Waals surface area (Å²) >= 11 is 0. The molecule has 0 amide bonds. The summed E-state index contributed by atoms with van der Waals surface area (Å²) in [6.45, 7) is 9.16. The Morgan fingerprint density at radius 2 is 1.37 bits per heavy atom. The van der Waals surface area contributed by atoms with E-state index in [1.165, 1.54) is 38.5 Å². The number of carbonyl (C=O) groups excluding carboxylic acids is 1. The first kappa shape index (κ1) is 30.9. The normalized spacial score (nSPS) is 11.0. The molecule has 0 atom stereocenters. The van der Waals surface area contributed by atoms with Gasteiger partial charge in [-0.1, -0.05) is 52.0 Å². The van der Waals surface area contributed by atoms with Gasteiger partial charge in [0, 0.05) is 23.4 Å². The Balaban J connectivity index is 1.63. The third-order valence-corrected chi connectivity index (χ3v) is 6.10. The van der Waals surface area contributed by atoms with Crippen molar-refractivity contribution in [3.8, 4) is 17.2 Å². The van der Waals surface area contributed by atoms with Gasteiger partial charge in [-0.3, -0.25) is 4.99 Å². The number of esters is 1. The Morgan fingerprint density at radius 3 is 1.97 bits per heavy atom. The van der Waals surface area contributed by atoms with Crippen LogP contribution in [-0.4, -0.2) is 37.1 Å². The fourth-order valence-corrected chi connectivity index (χ4v) is 3.78. The highest BCUT2D eigenvalue weighted by Gasteiger charge is 2.04. The van der Waals surface area contributed by atoms with Crippen molar-refractivity contribution in [1.29, 1.82) is 0 Å². The van der Waals surface area contributed by atoms with Crippen LogP contribution < -0.4 is 9.47 Å². The van der Waals surface area contributed by atoms with Crippen molar-refractivity contribution in [3.63, 3.8) is 0 Å². The average Bonchev–Trinajstić information content (AvgIpc) is 2.91. The topological polar surface area (TPSA) is 77.4 Å². The smallest absolute Gasteiger partial charge is 0.333 e. The van der Waals surface area contributed by atoms with Gasteiger partial charge in [0.05, 0.1) is 25.5 Å². The molecule has 0 fully saturated rings. The Kier molecular flexibility index (Phi) is 15.4. The van der Waals surface area contributed by atoms with Crippen LogP contribution in [0.25, 0.3) is 0 Å². The van der Waals surface area contributed by atoms with E-state index in [1.54, 1.807) is 25.3 Å². The second kappa shape index (κ2) is 18.9. The number of phenols is 1. The second-order valence-corrected chi connectivity index (χ2v) is 9.62. The average molecular weight is 524 g/mol. The number of phenolic OH excluding ortho intramolecular Hbond substituents is 1. The van der Waals surface area contributed by atoms with Gasteiger partial charge in [-0.2, -0.15) is 0 Å². The van der Waals surface area contributed by atoms with Crippen LogP contribution in [0.3, 0.4) is 0 Å². The number of benzene rings is 2. The summed E-state index contributed by atoms with van der Waals surface area (Å²) in [5.41, 5.74) is 1.84. The van der Waals surface area contributed by atoms with E-state index in [0.29, 0.717) is 30.1 Å². The summed E-state index contributed by atoms with van der Waals surface area (Å²) in [5, 5.41) is 10.4. The molecule has 0 aliphatic rings. The van der Waals surface area contributed by atoms with Crippen molar-refractivity contribution in [1.82, 2.24) is 0 Å². The largest absolute Gasteiger partial charge is 0.507 e. The zero-order valence-corrected chi connectivity index (χ0v) is 23.3. The Hall–Kier alpha value is -3.28. The van der Waals surface area contributed by atoms with Crippen molar-refractivity contribution >= 4 is 17.9 Å². The molecule has 6 heteroatoms. The summed E-state index contributed by atoms with van der Waals surface area (Å²) in [6.07, 6.45) is 14.2. The van der Waals surface area contributed by atoms with E-state index in [2.05, 4.69) is 18.5 Å². The first-order valence-electron chi connectivity index (χ1n) is 14.0. The molecule has 0 aliphatic carbocycles. The van der Waals surface area contributed by atoms with E-state index in [9.17, 15) is 9.90 Å². The van der Waals surface area contributed by atoms with Gasteiger partial charge in [0.2, 0.25) is 0 Å². The van der Waals surface area contributed by atoms with E-state index >= 15 is 0 Å². The number of unbranched alkanes of at least 4 members (excludes halogenated alkanes) is 9. The van der Waals surface area contributed by atoms with Crippen LogP contribution >= 0.6 is 0 Å². The van der Waals surface area contributed by atoms with E-state index < -0.39 is 0 Å². The third-order valence-electron chi connectivity index (χ3n) is 6.10. The number of nitrogens with zero attached hydrogens (tertiary/aromatic N) is 1. The molecule has 0 heterocycles. The first-order chi connectivity index (χ1) is 18.5. The predicted molar refractivity (Wildman–Crippen MR) is 155 cm³/mol. The van der Waals surface area contributed by atoms with Gasteiger partial charge >= 0.3 is 5.97 Å². The molecule has 6 nitrogen and oxygen atoms in total. The fourth-order valence-electron chi connectivity index (χ4n) is 3.78. The van der Waals surface area contributed by atoms with Crippen LogP contribution in [0.2, 0.25) is 0 Å². The third kappa shape index (κ3) is 13.3. The standard InChI is InChI=1S/C32H45NO5/c1-4-5-6-7-8-9-12-21-36-29-19-16-28(17-20-29)33-25-27-15-18-30(24-31(27)34)37-22-13-10-11-14-23-38-32(35)26(2)3/h15-20,24-25,34H,2,4-14,21-23H2,1,3H3. The lowest BCUT2D eigenvalue weighted by Crippen LogP contribution is -2.06. The predicted octanol–water partition coefficient (Wildman–Crippen LogP) is 8.33. The van der Waals surface area contributed by atoms with Gasteiger partial charge in [-0.05, 0) is 75.4 Å². The number of aromatic hydroxyl groups is 1. The number of hydrogen-bond donors (Lipinski definition) is 1. The minimum Gasteiger partial charge on any atom is -0.507 e. The van der Waals surface area contributed by atoms with Crippen molar-refractivity contribution in [2.45, 2.75) is 84.5 Å². The number of hydrogen-bond acceptors (Lipinski definition) is 6. The monoisotopic (exact) mass is 523 g/mol. The highest BCUT2D eigenvalue weighted by atomic mass is 16.5. The highest BCUT2D eigenvalue weighted by Crippen LogP contribution is 2.24. The molecule has 0 radical (unpaired) electrons. The van der Waals surface area contributed by atoms with Gasteiger partial charge in [-0.25, -0.2) is 4.79 Å². The zero-order valence-electron chi connectivity index (χ0n) is 23.3. The summed E-state index contributed by atoms with van der Waals surface area (Å²) in [6, 6.07) is 12.9. The molecule has 0 spiro atoms. The second-order valence-electron chi connectivity index (χ2n) is 9.62. The quantitative estimate of drug-likeness (QED) is 0.0817. The van der Waals surface area contributed by atoms with E-state index in [1.807, 2.05) is 30.3 Å². The van der Waals surface area contributed by atoms with Gasteiger partial charge in [0.25, 0.3) is 0 Å². The van der Waals surface area contributed by atoms with Crippen LogP contribution in [0, 0.1) is 0 Å². The molecule has 2 rings (SSSR count). The van der Waals surface area contributed by atoms with Crippen LogP contribution in [0.15, 0.2) is 59.6 Å². The minimum absolute atomic E-state index is 0.125. The zero-order chi connectivity index (χ0) is 27.4. The minimum atomic E-state index is -0.335. The molecule has 2 aromatic rings. The maximum absolute atomic E-state index is 11.3. The Bertz CT molecular complexity index is 984. The van der Waals surface area contributed by atoms with Crippen LogP contribution in [0.5, 0.6) is 17.2 Å². The van der Waals surface area contributed by atoms with Crippen molar-refractivity contribution in [2.24, 2.45) is 4.99 Å². The lowest BCUT2D eigenvalue weighted by molar-refractivity contribution is -0.139. The van der Waals surface area contributed by atoms with Gasteiger partial charge in [-0.15, -0.1) is 0 Å². The molecule has 2 aromatic carbocycles. The fraction of sp³-hybridized carbons (Fsp3) is 0.500. The van der Waals surface area contributed by atoms with Crippen LogP contribution in [0.4, 0.5) is 5.69 Å². The van der Waals surface area contributed by atoms with Crippen molar-refractivity contribution < 1.29 is 24.1 Å². The maximum atomic E-state index is 11.3. The van der Waals surface area contributed by atoms with Gasteiger partial charge in [0.1, 0.15) is 17.2 Å². The molecule has 0 unspecified atom stereocenters. The Labute approximate surface area is 228 Å². The van der Waals surface area contributed by atoms with E-state index in [-0.39, 0.29) is 11.7 Å². The molecule has 0 aliphatic heterocycles. The van der Waals surface area contributed by atoms with Crippen LogP contribution in [-0.2, 0) is 9.53 Å². The Morgan fingerprint density at radius 1 is 0.816 bits per heavy atom. The van der Waals surface area contributed by atoms with Crippen LogP contribution in [0.1, 0.15) is 90.0 Å². The van der Waals surface area contributed by atoms with E-state index in [0.717, 1.165) is 50.1 Å². The lowest BCUT2D eigenvalue weighted by Gasteiger charge is -2.08. The van der Waals surface area contributed by atoms with E-state index in [4.69, 9.17) is 14.2 Å². The summed E-state index contributed by atoms with van der Waals surface area (Å²) in [5.74, 6) is 1.27. The molecular weight excluding hydrogens is 478 g/mol.